The van der Waals surface area contributed by atoms with Gasteiger partial charge in [-0.25, -0.2) is 4.79 Å². The van der Waals surface area contributed by atoms with E-state index in [-0.39, 0.29) is 0 Å². The molecule has 1 aromatic carbocycles. The molecule has 0 saturated carbocycles. The van der Waals surface area contributed by atoms with Crippen molar-refractivity contribution in [1.82, 2.24) is 9.78 Å². The van der Waals surface area contributed by atoms with E-state index in [0.717, 1.165) is 5.56 Å². The number of benzene rings is 1. The van der Waals surface area contributed by atoms with Gasteiger partial charge in [-0.2, -0.15) is 5.10 Å². The van der Waals surface area contributed by atoms with Crippen molar-refractivity contribution in [2.24, 2.45) is 0 Å². The molecule has 1 N–H and O–H groups in total. The standard InChI is InChI=1S/C13H12N2O3/c1-9-7-11(16)12(13(17)18)14-15(9)8-10-5-3-2-4-6-10/h2-7H,8H2,1H3,(H,17,18). The molecule has 0 atom stereocenters. The largest absolute Gasteiger partial charge is 0.476 e. The van der Waals surface area contributed by atoms with Gasteiger partial charge < -0.3 is 5.11 Å². The van der Waals surface area contributed by atoms with Crippen molar-refractivity contribution < 1.29 is 9.90 Å². The van der Waals surface area contributed by atoms with Crippen LogP contribution in [0, 0.1) is 6.92 Å². The van der Waals surface area contributed by atoms with Crippen LogP contribution in [0.2, 0.25) is 0 Å². The summed E-state index contributed by atoms with van der Waals surface area (Å²) in [6.45, 7) is 2.16. The maximum absolute atomic E-state index is 11.4. The molecule has 2 rings (SSSR count). The zero-order chi connectivity index (χ0) is 13.1. The minimum absolute atomic E-state index is 0.438. The first-order chi connectivity index (χ1) is 8.58. The summed E-state index contributed by atoms with van der Waals surface area (Å²) in [4.78, 5) is 22.3. The molecule has 5 heteroatoms. The molecule has 1 heterocycles. The Kier molecular flexibility index (Phi) is 3.23. The molecule has 1 aromatic heterocycles. The maximum atomic E-state index is 11.4. The average molecular weight is 244 g/mol. The van der Waals surface area contributed by atoms with E-state index in [1.54, 1.807) is 6.92 Å². The number of aromatic carboxylic acids is 1. The van der Waals surface area contributed by atoms with Gasteiger partial charge in [-0.15, -0.1) is 0 Å². The summed E-state index contributed by atoms with van der Waals surface area (Å²) >= 11 is 0. The molecule has 0 unspecified atom stereocenters. The van der Waals surface area contributed by atoms with Gasteiger partial charge in [0.2, 0.25) is 11.1 Å². The minimum Gasteiger partial charge on any atom is -0.476 e. The van der Waals surface area contributed by atoms with E-state index in [0.29, 0.717) is 12.2 Å². The number of carbonyl (C=O) groups is 1. The summed E-state index contributed by atoms with van der Waals surface area (Å²) in [6.07, 6.45) is 0. The van der Waals surface area contributed by atoms with Gasteiger partial charge in [-0.1, -0.05) is 30.3 Å². The Bertz CT molecular complexity index is 632. The lowest BCUT2D eigenvalue weighted by atomic mass is 10.2. The number of nitrogens with zero attached hydrogens (tertiary/aromatic N) is 2. The van der Waals surface area contributed by atoms with Crippen molar-refractivity contribution in [3.63, 3.8) is 0 Å². The number of carboxylic acids is 1. The smallest absolute Gasteiger partial charge is 0.360 e. The molecule has 0 aliphatic carbocycles. The summed E-state index contributed by atoms with van der Waals surface area (Å²) in [7, 11) is 0. The Morgan fingerprint density at radius 1 is 1.33 bits per heavy atom. The second-order valence-electron chi connectivity index (χ2n) is 3.95. The second-order valence-corrected chi connectivity index (χ2v) is 3.95. The number of hydrogen-bond donors (Lipinski definition) is 1. The van der Waals surface area contributed by atoms with Crippen LogP contribution in [0.1, 0.15) is 21.7 Å². The van der Waals surface area contributed by atoms with Crippen LogP contribution in [-0.2, 0) is 6.54 Å². The van der Waals surface area contributed by atoms with E-state index >= 15 is 0 Å². The highest BCUT2D eigenvalue weighted by atomic mass is 16.4. The second kappa shape index (κ2) is 4.83. The Balaban J connectivity index is 2.42. The normalized spacial score (nSPS) is 10.3. The van der Waals surface area contributed by atoms with Gasteiger partial charge in [0, 0.05) is 11.8 Å². The Labute approximate surface area is 103 Å². The number of carboxylic acid groups (broad SMARTS) is 1. The van der Waals surface area contributed by atoms with Crippen molar-refractivity contribution >= 4 is 5.97 Å². The van der Waals surface area contributed by atoms with Crippen LogP contribution in [0.25, 0.3) is 0 Å². The van der Waals surface area contributed by atoms with E-state index in [9.17, 15) is 9.59 Å². The SMILES string of the molecule is Cc1cc(=O)c(C(=O)O)nn1Cc1ccccc1. The predicted molar refractivity (Wildman–Crippen MR) is 65.7 cm³/mol. The molecule has 5 nitrogen and oxygen atoms in total. The Morgan fingerprint density at radius 2 is 2.00 bits per heavy atom. The summed E-state index contributed by atoms with van der Waals surface area (Å²) in [5, 5.41) is 12.7. The topological polar surface area (TPSA) is 72.2 Å². The van der Waals surface area contributed by atoms with Gasteiger partial charge in [-0.05, 0) is 12.5 Å². The van der Waals surface area contributed by atoms with Crippen LogP contribution in [0.5, 0.6) is 0 Å². The summed E-state index contributed by atoms with van der Waals surface area (Å²) in [6, 6.07) is 10.8. The highest BCUT2D eigenvalue weighted by molar-refractivity contribution is 5.84. The van der Waals surface area contributed by atoms with Crippen LogP contribution in [0.4, 0.5) is 0 Å². The lowest BCUT2D eigenvalue weighted by Gasteiger charge is -2.09. The molecular formula is C13H12N2O3. The van der Waals surface area contributed by atoms with Crippen molar-refractivity contribution in [2.45, 2.75) is 13.5 Å². The first-order valence-electron chi connectivity index (χ1n) is 5.44. The Morgan fingerprint density at radius 3 is 2.61 bits per heavy atom. The maximum Gasteiger partial charge on any atom is 0.360 e. The number of rotatable bonds is 3. The Hall–Kier alpha value is -2.43. The molecule has 0 saturated heterocycles. The fourth-order valence-corrected chi connectivity index (χ4v) is 1.65. The quantitative estimate of drug-likeness (QED) is 0.883. The van der Waals surface area contributed by atoms with E-state index in [2.05, 4.69) is 5.10 Å². The van der Waals surface area contributed by atoms with Gasteiger partial charge in [0.25, 0.3) is 0 Å². The number of aryl methyl sites for hydroxylation is 1. The number of hydrogen-bond acceptors (Lipinski definition) is 3. The van der Waals surface area contributed by atoms with Crippen molar-refractivity contribution in [2.75, 3.05) is 0 Å². The van der Waals surface area contributed by atoms with Crippen LogP contribution >= 0.6 is 0 Å². The molecule has 0 aliphatic heterocycles. The third-order valence-corrected chi connectivity index (χ3v) is 2.58. The van der Waals surface area contributed by atoms with E-state index in [1.807, 2.05) is 30.3 Å². The van der Waals surface area contributed by atoms with Crippen molar-refractivity contribution in [3.8, 4) is 0 Å². The molecule has 0 aliphatic rings. The third-order valence-electron chi connectivity index (χ3n) is 2.58. The molecule has 0 radical (unpaired) electrons. The van der Waals surface area contributed by atoms with Crippen LogP contribution in [0.15, 0.2) is 41.2 Å². The van der Waals surface area contributed by atoms with Crippen LogP contribution in [0.3, 0.4) is 0 Å². The molecule has 2 aromatic rings. The van der Waals surface area contributed by atoms with Gasteiger partial charge in [0.15, 0.2) is 0 Å². The zero-order valence-corrected chi connectivity index (χ0v) is 9.83. The average Bonchev–Trinajstić information content (AvgIpc) is 2.33. The third kappa shape index (κ3) is 2.45. The van der Waals surface area contributed by atoms with Crippen LogP contribution < -0.4 is 5.43 Å². The first kappa shape index (κ1) is 12.0. The lowest BCUT2D eigenvalue weighted by molar-refractivity contribution is 0.0686. The monoisotopic (exact) mass is 244 g/mol. The van der Waals surface area contributed by atoms with Gasteiger partial charge >= 0.3 is 5.97 Å². The molecule has 92 valence electrons. The fraction of sp³-hybridized carbons (Fsp3) is 0.154. The molecule has 0 fully saturated rings. The van der Waals surface area contributed by atoms with Gasteiger partial charge in [-0.3, -0.25) is 9.48 Å². The first-order valence-corrected chi connectivity index (χ1v) is 5.44. The minimum atomic E-state index is -1.30. The molecule has 0 bridgehead atoms. The van der Waals surface area contributed by atoms with E-state index in [4.69, 9.17) is 5.11 Å². The molecule has 0 spiro atoms. The van der Waals surface area contributed by atoms with E-state index in [1.165, 1.54) is 10.7 Å². The van der Waals surface area contributed by atoms with Crippen LogP contribution in [-0.4, -0.2) is 20.9 Å². The molecule has 0 amide bonds. The van der Waals surface area contributed by atoms with Crippen molar-refractivity contribution in [3.05, 3.63) is 63.6 Å². The molecular weight excluding hydrogens is 232 g/mol. The summed E-state index contributed by atoms with van der Waals surface area (Å²) < 4.78 is 1.51. The molecule has 18 heavy (non-hydrogen) atoms. The number of aromatic nitrogens is 2. The van der Waals surface area contributed by atoms with Gasteiger partial charge in [0.1, 0.15) is 0 Å². The van der Waals surface area contributed by atoms with Crippen molar-refractivity contribution in [1.29, 1.82) is 0 Å². The zero-order valence-electron chi connectivity index (χ0n) is 9.83. The highest BCUT2D eigenvalue weighted by Crippen LogP contribution is 2.03. The highest BCUT2D eigenvalue weighted by Gasteiger charge is 2.12. The predicted octanol–water partition coefficient (Wildman–Crippen LogP) is 1.30. The van der Waals surface area contributed by atoms with Gasteiger partial charge in [0.05, 0.1) is 6.54 Å². The summed E-state index contributed by atoms with van der Waals surface area (Å²) in [5.74, 6) is -1.30. The summed E-state index contributed by atoms with van der Waals surface area (Å²) in [5.41, 5.74) is 0.614. The fourth-order valence-electron chi connectivity index (χ4n) is 1.65. The lowest BCUT2D eigenvalue weighted by Crippen LogP contribution is -2.23. The van der Waals surface area contributed by atoms with E-state index < -0.39 is 17.1 Å².